The highest BCUT2D eigenvalue weighted by molar-refractivity contribution is 6.31. The quantitative estimate of drug-likeness (QED) is 0.230. The predicted octanol–water partition coefficient (Wildman–Crippen LogP) is 5.54. The Morgan fingerprint density at radius 2 is 1.90 bits per heavy atom. The molecule has 1 aromatic heterocycles. The van der Waals surface area contributed by atoms with Crippen molar-refractivity contribution in [3.05, 3.63) is 88.6 Å². The monoisotopic (exact) mass is 542 g/mol. The number of amides is 1. The van der Waals surface area contributed by atoms with Crippen molar-refractivity contribution in [2.24, 2.45) is 0 Å². The maximum Gasteiger partial charge on any atom is 0.266 e. The molecule has 9 nitrogen and oxygen atoms in total. The number of rotatable bonds is 8. The first-order valence-electron chi connectivity index (χ1n) is 11.8. The Morgan fingerprint density at radius 3 is 2.67 bits per heavy atom. The van der Waals surface area contributed by atoms with E-state index in [-0.39, 0.29) is 12.4 Å². The third-order valence-electron chi connectivity index (χ3n) is 6.03. The first-order chi connectivity index (χ1) is 19.0. The van der Waals surface area contributed by atoms with E-state index in [9.17, 15) is 10.1 Å². The van der Waals surface area contributed by atoms with E-state index in [1.54, 1.807) is 55.4 Å². The van der Waals surface area contributed by atoms with Crippen LogP contribution >= 0.6 is 11.6 Å². The van der Waals surface area contributed by atoms with Gasteiger partial charge in [0.25, 0.3) is 5.91 Å². The predicted molar refractivity (Wildman–Crippen MR) is 146 cm³/mol. The number of hydrogen-bond acceptors (Lipinski definition) is 7. The fourth-order valence-corrected chi connectivity index (χ4v) is 4.30. The first kappa shape index (κ1) is 25.7. The van der Waals surface area contributed by atoms with E-state index >= 15 is 0 Å². The number of anilines is 1. The van der Waals surface area contributed by atoms with Crippen molar-refractivity contribution in [2.75, 3.05) is 26.3 Å². The molecular formula is C29H23ClN4O5. The first-order valence-corrected chi connectivity index (χ1v) is 12.2. The molecule has 3 aromatic carbocycles. The van der Waals surface area contributed by atoms with Gasteiger partial charge >= 0.3 is 0 Å². The summed E-state index contributed by atoms with van der Waals surface area (Å²) in [6.45, 7) is 0.506. The van der Waals surface area contributed by atoms with Crippen LogP contribution in [0.4, 0.5) is 5.69 Å². The number of halogens is 1. The smallest absolute Gasteiger partial charge is 0.266 e. The van der Waals surface area contributed by atoms with Gasteiger partial charge in [-0.2, -0.15) is 10.4 Å². The van der Waals surface area contributed by atoms with Crippen LogP contribution in [-0.4, -0.2) is 36.7 Å². The number of benzene rings is 3. The molecule has 5 rings (SSSR count). The minimum Gasteiger partial charge on any atom is -0.493 e. The van der Waals surface area contributed by atoms with Crippen LogP contribution in [-0.2, 0) is 11.3 Å². The summed E-state index contributed by atoms with van der Waals surface area (Å²) >= 11 is 6.38. The van der Waals surface area contributed by atoms with Crippen molar-refractivity contribution in [1.29, 1.82) is 5.26 Å². The highest BCUT2D eigenvalue weighted by Crippen LogP contribution is 2.35. The second-order valence-corrected chi connectivity index (χ2v) is 8.89. The van der Waals surface area contributed by atoms with Crippen LogP contribution in [0, 0.1) is 11.3 Å². The molecule has 0 bridgehead atoms. The average Bonchev–Trinajstić information content (AvgIpc) is 3.59. The van der Waals surface area contributed by atoms with Gasteiger partial charge in [0, 0.05) is 34.1 Å². The van der Waals surface area contributed by atoms with Crippen LogP contribution in [0.25, 0.3) is 17.3 Å². The van der Waals surface area contributed by atoms with E-state index < -0.39 is 5.91 Å². The minimum atomic E-state index is -0.575. The molecule has 196 valence electrons. The van der Waals surface area contributed by atoms with Crippen LogP contribution in [0.3, 0.4) is 0 Å². The lowest BCUT2D eigenvalue weighted by molar-refractivity contribution is -0.112. The standard InChI is InChI=1S/C29H23ClN4O5/c1-36-24-9-7-18(12-26(24)37-2)28-21(16-34(33-28)15-19-5-3-4-6-23(19)30)11-20(14-31)29(35)32-22-8-10-25-27(13-22)39-17-38-25/h3-13,16H,15,17H2,1-2H3,(H,32,35)/b20-11-. The van der Waals surface area contributed by atoms with E-state index in [0.29, 0.717) is 57.1 Å². The number of nitriles is 1. The van der Waals surface area contributed by atoms with Gasteiger partial charge in [-0.1, -0.05) is 29.8 Å². The molecular weight excluding hydrogens is 520 g/mol. The third-order valence-corrected chi connectivity index (χ3v) is 6.40. The molecule has 0 unspecified atom stereocenters. The highest BCUT2D eigenvalue weighted by Gasteiger charge is 2.19. The van der Waals surface area contributed by atoms with Crippen LogP contribution < -0.4 is 24.3 Å². The summed E-state index contributed by atoms with van der Waals surface area (Å²) in [7, 11) is 3.11. The van der Waals surface area contributed by atoms with Crippen molar-refractivity contribution < 1.29 is 23.7 Å². The van der Waals surface area contributed by atoms with Gasteiger partial charge in [-0.25, -0.2) is 0 Å². The van der Waals surface area contributed by atoms with E-state index in [4.69, 9.17) is 35.6 Å². The zero-order chi connectivity index (χ0) is 27.4. The molecule has 1 aliphatic rings. The molecule has 39 heavy (non-hydrogen) atoms. The summed E-state index contributed by atoms with van der Waals surface area (Å²) in [6, 6.07) is 19.9. The van der Waals surface area contributed by atoms with Crippen molar-refractivity contribution in [2.45, 2.75) is 6.54 Å². The minimum absolute atomic E-state index is 0.105. The van der Waals surface area contributed by atoms with Gasteiger partial charge in [0.05, 0.1) is 26.5 Å². The molecule has 2 heterocycles. The van der Waals surface area contributed by atoms with E-state index in [0.717, 1.165) is 5.56 Å². The van der Waals surface area contributed by atoms with Gasteiger partial charge in [-0.15, -0.1) is 0 Å². The molecule has 4 aromatic rings. The lowest BCUT2D eigenvalue weighted by Crippen LogP contribution is -2.13. The van der Waals surface area contributed by atoms with Gasteiger partial charge in [0.15, 0.2) is 23.0 Å². The number of nitrogens with one attached hydrogen (secondary N) is 1. The number of nitrogens with zero attached hydrogens (tertiary/aromatic N) is 3. The largest absolute Gasteiger partial charge is 0.493 e. The Balaban J connectivity index is 1.52. The number of ether oxygens (including phenoxy) is 4. The normalized spacial score (nSPS) is 12.1. The lowest BCUT2D eigenvalue weighted by atomic mass is 10.0. The van der Waals surface area contributed by atoms with Crippen LogP contribution in [0.15, 0.2) is 72.4 Å². The summed E-state index contributed by atoms with van der Waals surface area (Å²) in [5.41, 5.74) is 3.06. The second kappa shape index (κ2) is 11.2. The molecule has 1 amide bonds. The Kier molecular flexibility index (Phi) is 7.39. The highest BCUT2D eigenvalue weighted by atomic mass is 35.5. The van der Waals surface area contributed by atoms with Crippen molar-refractivity contribution >= 4 is 29.3 Å². The molecule has 0 aliphatic carbocycles. The number of carbonyl (C=O) groups is 1. The van der Waals surface area contributed by atoms with Crippen molar-refractivity contribution in [1.82, 2.24) is 9.78 Å². The fourth-order valence-electron chi connectivity index (χ4n) is 4.11. The third kappa shape index (κ3) is 5.51. The van der Waals surface area contributed by atoms with E-state index in [1.165, 1.54) is 6.08 Å². The van der Waals surface area contributed by atoms with Crippen LogP contribution in [0.2, 0.25) is 5.02 Å². The van der Waals surface area contributed by atoms with Gasteiger partial charge < -0.3 is 24.3 Å². The number of hydrogen-bond donors (Lipinski definition) is 1. The molecule has 0 saturated carbocycles. The van der Waals surface area contributed by atoms with Crippen molar-refractivity contribution in [3.63, 3.8) is 0 Å². The number of carbonyl (C=O) groups excluding carboxylic acids is 1. The van der Waals surface area contributed by atoms with Gasteiger partial charge in [0.1, 0.15) is 11.6 Å². The summed E-state index contributed by atoms with van der Waals surface area (Å²) in [4.78, 5) is 13.1. The van der Waals surface area contributed by atoms with Crippen LogP contribution in [0.1, 0.15) is 11.1 Å². The number of fused-ring (bicyclic) bond motifs is 1. The van der Waals surface area contributed by atoms with Gasteiger partial charge in [0.2, 0.25) is 6.79 Å². The Labute approximate surface area is 229 Å². The maximum absolute atomic E-state index is 13.1. The van der Waals surface area contributed by atoms with E-state index in [2.05, 4.69) is 5.32 Å². The number of aromatic nitrogens is 2. The molecule has 1 aliphatic heterocycles. The second-order valence-electron chi connectivity index (χ2n) is 8.48. The fraction of sp³-hybridized carbons (Fsp3) is 0.138. The van der Waals surface area contributed by atoms with Crippen molar-refractivity contribution in [3.8, 4) is 40.3 Å². The number of methoxy groups -OCH3 is 2. The SMILES string of the molecule is COc1ccc(-c2nn(Cc3ccccc3Cl)cc2/C=C(/C#N)C(=O)Nc2ccc3c(c2)OCO3)cc1OC. The molecule has 0 radical (unpaired) electrons. The summed E-state index contributed by atoms with van der Waals surface area (Å²) < 4.78 is 23.2. The molecule has 10 heteroatoms. The molecule has 0 atom stereocenters. The van der Waals surface area contributed by atoms with Gasteiger partial charge in [-0.05, 0) is 48.0 Å². The summed E-state index contributed by atoms with van der Waals surface area (Å²) in [6.07, 6.45) is 3.27. The molecule has 0 spiro atoms. The van der Waals surface area contributed by atoms with Crippen LogP contribution in [0.5, 0.6) is 23.0 Å². The zero-order valence-electron chi connectivity index (χ0n) is 21.1. The molecule has 0 saturated heterocycles. The maximum atomic E-state index is 13.1. The van der Waals surface area contributed by atoms with Gasteiger partial charge in [-0.3, -0.25) is 9.48 Å². The topological polar surface area (TPSA) is 108 Å². The summed E-state index contributed by atoms with van der Waals surface area (Å²) in [5.74, 6) is 1.62. The molecule has 0 fully saturated rings. The Morgan fingerprint density at radius 1 is 1.10 bits per heavy atom. The average molecular weight is 543 g/mol. The lowest BCUT2D eigenvalue weighted by Gasteiger charge is -2.09. The van der Waals surface area contributed by atoms with E-state index in [1.807, 2.05) is 36.4 Å². The Hall–Kier alpha value is -4.94. The molecule has 1 N–H and O–H groups in total. The Bertz CT molecular complexity index is 1620. The summed E-state index contributed by atoms with van der Waals surface area (Å²) in [5, 5.41) is 18.0. The zero-order valence-corrected chi connectivity index (χ0v) is 21.9.